The van der Waals surface area contributed by atoms with E-state index in [2.05, 4.69) is 20.4 Å². The molecule has 0 aliphatic carbocycles. The van der Waals surface area contributed by atoms with Gasteiger partial charge in [0.15, 0.2) is 0 Å². The van der Waals surface area contributed by atoms with Crippen LogP contribution in [0.4, 0.5) is 21.0 Å². The number of carbonyl (C=O) groups is 2. The number of rotatable bonds is 4. The lowest BCUT2D eigenvalue weighted by Gasteiger charge is -2.02. The van der Waals surface area contributed by atoms with E-state index in [1.54, 1.807) is 32.0 Å². The fourth-order valence-electron chi connectivity index (χ4n) is 1.21. The van der Waals surface area contributed by atoms with Gasteiger partial charge in [0.1, 0.15) is 0 Å². The number of nitro groups is 1. The minimum absolute atomic E-state index is 0.0566. The summed E-state index contributed by atoms with van der Waals surface area (Å²) in [6.07, 6.45) is 0.856. The van der Waals surface area contributed by atoms with Crippen molar-refractivity contribution in [1.29, 1.82) is 0 Å². The molecule has 1 aromatic rings. The Bertz CT molecular complexity index is 589. The van der Waals surface area contributed by atoms with Crippen LogP contribution in [0.15, 0.2) is 29.3 Å². The molecule has 0 spiro atoms. The quantitative estimate of drug-likeness (QED) is 0.374. The molecule has 10 heteroatoms. The highest BCUT2D eigenvalue weighted by Crippen LogP contribution is 2.16. The van der Waals surface area contributed by atoms with Gasteiger partial charge in [-0.15, -0.1) is 0 Å². The zero-order valence-electron chi connectivity index (χ0n) is 14.0. The molecule has 0 bridgehead atoms. The van der Waals surface area contributed by atoms with E-state index in [4.69, 9.17) is 0 Å². The minimum Gasteiger partial charge on any atom is -0.448 e. The first-order chi connectivity index (χ1) is 11.3. The second kappa shape index (κ2) is 11.4. The molecule has 132 valence electrons. The Morgan fingerprint density at radius 1 is 1.42 bits per heavy atom. The van der Waals surface area contributed by atoms with Crippen molar-refractivity contribution in [2.45, 2.75) is 6.92 Å². The summed E-state index contributed by atoms with van der Waals surface area (Å²) in [5.74, 6) is 0. The van der Waals surface area contributed by atoms with E-state index in [0.29, 0.717) is 12.3 Å². The normalized spacial score (nSPS) is 9.50. The fraction of sp³-hybridized carbons (Fsp3) is 0.357. The average Bonchev–Trinajstić information content (AvgIpc) is 2.54. The first-order valence-electron chi connectivity index (χ1n) is 6.90. The third kappa shape index (κ3) is 9.71. The van der Waals surface area contributed by atoms with Gasteiger partial charge in [-0.25, -0.2) is 9.59 Å². The van der Waals surface area contributed by atoms with Crippen molar-refractivity contribution in [3.8, 4) is 0 Å². The molecular weight excluding hydrogens is 318 g/mol. The lowest BCUT2D eigenvalue weighted by molar-refractivity contribution is -0.384. The van der Waals surface area contributed by atoms with E-state index in [-0.39, 0.29) is 5.69 Å². The van der Waals surface area contributed by atoms with Gasteiger partial charge in [-0.05, 0) is 13.0 Å². The van der Waals surface area contributed by atoms with Gasteiger partial charge in [0.25, 0.3) is 5.69 Å². The molecule has 2 N–H and O–H groups in total. The lowest BCUT2D eigenvalue weighted by atomic mass is 10.3. The van der Waals surface area contributed by atoms with Crippen LogP contribution in [0, 0.1) is 10.1 Å². The van der Waals surface area contributed by atoms with E-state index >= 15 is 0 Å². The molecule has 0 unspecified atom stereocenters. The Morgan fingerprint density at radius 3 is 2.58 bits per heavy atom. The number of nitrogens with zero attached hydrogens (tertiary/aromatic N) is 3. The van der Waals surface area contributed by atoms with Gasteiger partial charge in [-0.3, -0.25) is 10.1 Å². The van der Waals surface area contributed by atoms with E-state index in [9.17, 15) is 19.7 Å². The average molecular weight is 339 g/mol. The van der Waals surface area contributed by atoms with Crippen molar-refractivity contribution < 1.29 is 19.2 Å². The SMILES string of the molecule is CCOC(=O)N=CN(C)C.CNC(=O)Nc1cccc([N+](=O)[O-])c1. The second-order valence-corrected chi connectivity index (χ2v) is 4.42. The molecule has 10 nitrogen and oxygen atoms in total. The number of amides is 3. The minimum atomic E-state index is -0.545. The van der Waals surface area contributed by atoms with Crippen LogP contribution in [0.2, 0.25) is 0 Å². The number of carbonyl (C=O) groups excluding carboxylic acids is 2. The smallest absolute Gasteiger partial charge is 0.434 e. The molecule has 0 heterocycles. The summed E-state index contributed by atoms with van der Waals surface area (Å²) in [6, 6.07) is 5.31. The third-order valence-electron chi connectivity index (χ3n) is 2.20. The highest BCUT2D eigenvalue weighted by molar-refractivity contribution is 5.89. The number of nitrogens with one attached hydrogen (secondary N) is 2. The largest absolute Gasteiger partial charge is 0.448 e. The molecule has 1 rings (SSSR count). The predicted molar refractivity (Wildman–Crippen MR) is 90.4 cm³/mol. The van der Waals surface area contributed by atoms with Gasteiger partial charge in [0.05, 0.1) is 17.9 Å². The van der Waals surface area contributed by atoms with Gasteiger partial charge in [0, 0.05) is 39.0 Å². The van der Waals surface area contributed by atoms with Crippen LogP contribution in [0.25, 0.3) is 0 Å². The van der Waals surface area contributed by atoms with Crippen molar-refractivity contribution in [3.63, 3.8) is 0 Å². The number of anilines is 1. The number of urea groups is 1. The fourth-order valence-corrected chi connectivity index (χ4v) is 1.21. The maximum Gasteiger partial charge on any atom is 0.434 e. The standard InChI is InChI=1S/C8H9N3O3.C6H12N2O2/c1-9-8(12)10-6-3-2-4-7(5-6)11(13)14;1-4-10-6(9)7-5-8(2)3/h2-5H,1H3,(H2,9,10,12);5H,4H2,1-3H3. The Hall–Kier alpha value is -3.17. The van der Waals surface area contributed by atoms with Crippen LogP contribution in [0.1, 0.15) is 6.92 Å². The van der Waals surface area contributed by atoms with Crippen molar-refractivity contribution >= 4 is 29.8 Å². The van der Waals surface area contributed by atoms with Crippen molar-refractivity contribution in [3.05, 3.63) is 34.4 Å². The summed E-state index contributed by atoms with van der Waals surface area (Å²) in [5, 5.41) is 15.2. The Kier molecular flexibility index (Phi) is 9.90. The van der Waals surface area contributed by atoms with Crippen LogP contribution < -0.4 is 10.6 Å². The summed E-state index contributed by atoms with van der Waals surface area (Å²) in [4.78, 5) is 36.4. The summed E-state index contributed by atoms with van der Waals surface area (Å²) >= 11 is 0. The van der Waals surface area contributed by atoms with E-state index < -0.39 is 17.0 Å². The van der Waals surface area contributed by atoms with Gasteiger partial charge in [-0.1, -0.05) is 6.07 Å². The van der Waals surface area contributed by atoms with E-state index in [1.807, 2.05) is 0 Å². The number of ether oxygens (including phenoxy) is 1. The van der Waals surface area contributed by atoms with Crippen molar-refractivity contribution in [2.75, 3.05) is 33.1 Å². The molecular formula is C14H21N5O5. The van der Waals surface area contributed by atoms with Gasteiger partial charge < -0.3 is 20.3 Å². The maximum absolute atomic E-state index is 10.9. The number of nitro benzene ring substituents is 1. The monoisotopic (exact) mass is 339 g/mol. The van der Waals surface area contributed by atoms with E-state index in [0.717, 1.165) is 0 Å². The molecule has 0 aliphatic rings. The molecule has 0 fully saturated rings. The Labute approximate surface area is 139 Å². The Balaban J connectivity index is 0.000000470. The van der Waals surface area contributed by atoms with Crippen LogP contribution >= 0.6 is 0 Å². The van der Waals surface area contributed by atoms with Crippen LogP contribution in [-0.4, -0.2) is 56.0 Å². The number of non-ortho nitro benzene ring substituents is 1. The van der Waals surface area contributed by atoms with Crippen molar-refractivity contribution in [2.24, 2.45) is 4.99 Å². The second-order valence-electron chi connectivity index (χ2n) is 4.42. The summed E-state index contributed by atoms with van der Waals surface area (Å²) in [5.41, 5.74) is 0.331. The molecule has 24 heavy (non-hydrogen) atoms. The zero-order valence-corrected chi connectivity index (χ0v) is 14.0. The zero-order chi connectivity index (χ0) is 18.5. The topological polar surface area (TPSA) is 126 Å². The molecule has 3 amide bonds. The van der Waals surface area contributed by atoms with E-state index in [1.165, 1.54) is 31.6 Å². The first kappa shape index (κ1) is 20.8. The highest BCUT2D eigenvalue weighted by atomic mass is 16.6. The summed E-state index contributed by atoms with van der Waals surface area (Å²) < 4.78 is 4.53. The highest BCUT2D eigenvalue weighted by Gasteiger charge is 2.06. The van der Waals surface area contributed by atoms with Gasteiger partial charge >= 0.3 is 12.1 Å². The van der Waals surface area contributed by atoms with Gasteiger partial charge in [0.2, 0.25) is 0 Å². The molecule has 1 aromatic carbocycles. The molecule has 0 atom stereocenters. The number of benzene rings is 1. The van der Waals surface area contributed by atoms with Crippen LogP contribution in [0.5, 0.6) is 0 Å². The Morgan fingerprint density at radius 2 is 2.08 bits per heavy atom. The molecule has 0 saturated carbocycles. The van der Waals surface area contributed by atoms with Crippen LogP contribution in [-0.2, 0) is 4.74 Å². The van der Waals surface area contributed by atoms with Crippen LogP contribution in [0.3, 0.4) is 0 Å². The third-order valence-corrected chi connectivity index (χ3v) is 2.20. The maximum atomic E-state index is 10.9. The number of aliphatic imine (C=N–C) groups is 1. The molecule has 0 radical (unpaired) electrons. The predicted octanol–water partition coefficient (Wildman–Crippen LogP) is 2.08. The summed E-state index contributed by atoms with van der Waals surface area (Å²) in [7, 11) is 5.03. The van der Waals surface area contributed by atoms with Crippen molar-refractivity contribution in [1.82, 2.24) is 10.2 Å². The number of hydrogen-bond donors (Lipinski definition) is 2. The molecule has 0 saturated heterocycles. The number of hydrogen-bond acceptors (Lipinski definition) is 5. The van der Waals surface area contributed by atoms with Gasteiger partial charge in [-0.2, -0.15) is 4.99 Å². The first-order valence-corrected chi connectivity index (χ1v) is 6.90. The molecule has 0 aromatic heterocycles. The molecule has 0 aliphatic heterocycles. The summed E-state index contributed by atoms with van der Waals surface area (Å²) in [6.45, 7) is 2.10. The lowest BCUT2D eigenvalue weighted by Crippen LogP contribution is -2.24.